The van der Waals surface area contributed by atoms with Crippen LogP contribution in [0.2, 0.25) is 0 Å². The molecule has 39 heavy (non-hydrogen) atoms. The molecule has 9 nitrogen and oxygen atoms in total. The summed E-state index contributed by atoms with van der Waals surface area (Å²) < 4.78 is 5.29. The maximum atomic E-state index is 12.4. The van der Waals surface area contributed by atoms with E-state index in [9.17, 15) is 9.59 Å². The van der Waals surface area contributed by atoms with E-state index in [1.807, 2.05) is 4.90 Å². The van der Waals surface area contributed by atoms with Crippen molar-refractivity contribution in [2.45, 2.75) is 58.7 Å². The second kappa shape index (κ2) is 11.7. The predicted molar refractivity (Wildman–Crippen MR) is 151 cm³/mol. The molecule has 3 aliphatic rings. The van der Waals surface area contributed by atoms with Crippen molar-refractivity contribution < 1.29 is 14.3 Å². The van der Waals surface area contributed by atoms with Crippen LogP contribution in [0, 0.1) is 11.8 Å². The van der Waals surface area contributed by atoms with Crippen molar-refractivity contribution in [1.82, 2.24) is 19.8 Å². The molecule has 2 aliphatic heterocycles. The first-order valence-electron chi connectivity index (χ1n) is 14.1. The number of aromatic nitrogens is 2. The van der Waals surface area contributed by atoms with Crippen LogP contribution in [0.4, 0.5) is 16.6 Å². The van der Waals surface area contributed by atoms with Gasteiger partial charge in [-0.15, -0.1) is 0 Å². The Kier molecular flexibility index (Phi) is 8.16. The minimum absolute atomic E-state index is 0.0125. The second-order valence-corrected chi connectivity index (χ2v) is 11.4. The molecule has 0 radical (unpaired) electrons. The number of nitrogens with one attached hydrogen (secondary N) is 1. The lowest BCUT2D eigenvalue weighted by Crippen LogP contribution is -2.49. The van der Waals surface area contributed by atoms with Crippen molar-refractivity contribution in [2.24, 2.45) is 11.8 Å². The quantitative estimate of drug-likeness (QED) is 0.434. The first-order chi connectivity index (χ1) is 18.8. The number of anilines is 2. The Bertz CT molecular complexity index is 1190. The van der Waals surface area contributed by atoms with Gasteiger partial charge in [0.05, 0.1) is 11.6 Å². The van der Waals surface area contributed by atoms with Crippen molar-refractivity contribution in [2.75, 3.05) is 42.9 Å². The van der Waals surface area contributed by atoms with Crippen LogP contribution in [0.25, 0.3) is 0 Å². The van der Waals surface area contributed by atoms with Gasteiger partial charge in [0.1, 0.15) is 12.4 Å². The number of ether oxygens (including phenoxy) is 1. The normalized spacial score (nSPS) is 19.3. The fraction of sp³-hybridized carbons (Fsp3) is 0.533. The average Bonchev–Trinajstić information content (AvgIpc) is 3.77. The minimum atomic E-state index is -0.362. The third kappa shape index (κ3) is 6.41. The van der Waals surface area contributed by atoms with E-state index >= 15 is 0 Å². The second-order valence-electron chi connectivity index (χ2n) is 11.4. The molecule has 0 bridgehead atoms. The Morgan fingerprint density at radius 1 is 1.13 bits per heavy atom. The molecule has 208 valence electrons. The molecule has 5 rings (SSSR count). The standard InChI is InChI=1S/C30H40N6O3/c1-5-27(37)35-14-12-34(13-15-35)26(16-22-6-7-22)24-10-8-23(9-11-24)21(4)32-29-31-17-25-19-39-30(38)36(18-20(2)3)28(25)33-29/h5,8-11,17,20-22,26H,1,6-7,12-16,18-19H2,2-4H3,(H,31,32,33)/t21-,26?/m0/s1. The number of hydrogen-bond acceptors (Lipinski definition) is 7. The number of fused-ring (bicyclic) bond motifs is 1. The molecule has 1 aliphatic carbocycles. The minimum Gasteiger partial charge on any atom is -0.444 e. The Labute approximate surface area is 231 Å². The molecule has 2 atom stereocenters. The summed E-state index contributed by atoms with van der Waals surface area (Å²) in [4.78, 5) is 39.6. The number of piperazine rings is 1. The first-order valence-corrected chi connectivity index (χ1v) is 14.1. The molecule has 1 aromatic heterocycles. The van der Waals surface area contributed by atoms with Crippen molar-refractivity contribution >= 4 is 23.8 Å². The summed E-state index contributed by atoms with van der Waals surface area (Å²) in [6.45, 7) is 13.8. The molecule has 1 saturated carbocycles. The topological polar surface area (TPSA) is 90.9 Å². The van der Waals surface area contributed by atoms with Crippen LogP contribution >= 0.6 is 0 Å². The molecule has 0 spiro atoms. The highest BCUT2D eigenvalue weighted by atomic mass is 16.6. The van der Waals surface area contributed by atoms with Gasteiger partial charge in [0.25, 0.3) is 0 Å². The maximum absolute atomic E-state index is 12.4. The van der Waals surface area contributed by atoms with E-state index in [0.29, 0.717) is 24.4 Å². The SMILES string of the molecule is C=CC(=O)N1CCN(C(CC2CC2)c2ccc([C@H](C)Nc3ncc4c(n3)N(CC(C)C)C(=O)OC4)cc2)CC1. The lowest BCUT2D eigenvalue weighted by atomic mass is 9.96. The summed E-state index contributed by atoms with van der Waals surface area (Å²) in [6, 6.07) is 9.22. The van der Waals surface area contributed by atoms with Crippen molar-refractivity contribution in [3.63, 3.8) is 0 Å². The van der Waals surface area contributed by atoms with E-state index in [1.165, 1.54) is 30.9 Å². The molecular weight excluding hydrogens is 492 g/mol. The molecule has 1 aromatic carbocycles. The molecule has 3 heterocycles. The number of amides is 2. The lowest BCUT2D eigenvalue weighted by molar-refractivity contribution is -0.128. The third-order valence-electron chi connectivity index (χ3n) is 7.88. The zero-order chi connectivity index (χ0) is 27.5. The summed E-state index contributed by atoms with van der Waals surface area (Å²) in [5.74, 6) is 2.23. The van der Waals surface area contributed by atoms with Crippen LogP contribution in [-0.2, 0) is 16.1 Å². The summed E-state index contributed by atoms with van der Waals surface area (Å²) in [7, 11) is 0. The number of nitrogens with zero attached hydrogens (tertiary/aromatic N) is 5. The van der Waals surface area contributed by atoms with Crippen LogP contribution in [0.5, 0.6) is 0 Å². The van der Waals surface area contributed by atoms with E-state index in [1.54, 1.807) is 11.1 Å². The highest BCUT2D eigenvalue weighted by Crippen LogP contribution is 2.40. The predicted octanol–water partition coefficient (Wildman–Crippen LogP) is 4.93. The molecule has 1 saturated heterocycles. The van der Waals surface area contributed by atoms with Gasteiger partial charge < -0.3 is 15.0 Å². The van der Waals surface area contributed by atoms with E-state index in [2.05, 4.69) is 66.8 Å². The fourth-order valence-electron chi connectivity index (χ4n) is 5.47. The van der Waals surface area contributed by atoms with Crippen molar-refractivity contribution in [3.05, 3.63) is 59.8 Å². The van der Waals surface area contributed by atoms with Gasteiger partial charge in [0, 0.05) is 45.0 Å². The van der Waals surface area contributed by atoms with E-state index in [4.69, 9.17) is 9.72 Å². The third-order valence-corrected chi connectivity index (χ3v) is 7.88. The summed E-state index contributed by atoms with van der Waals surface area (Å²) >= 11 is 0. The van der Waals surface area contributed by atoms with E-state index in [-0.39, 0.29) is 30.6 Å². The lowest BCUT2D eigenvalue weighted by Gasteiger charge is -2.39. The van der Waals surface area contributed by atoms with Gasteiger partial charge >= 0.3 is 6.09 Å². The summed E-state index contributed by atoms with van der Waals surface area (Å²) in [5.41, 5.74) is 3.29. The number of carbonyl (C=O) groups is 2. The zero-order valence-electron chi connectivity index (χ0n) is 23.3. The highest BCUT2D eigenvalue weighted by molar-refractivity contribution is 5.89. The van der Waals surface area contributed by atoms with Gasteiger partial charge in [0.2, 0.25) is 11.9 Å². The Morgan fingerprint density at radius 2 is 1.82 bits per heavy atom. The monoisotopic (exact) mass is 532 g/mol. The number of hydrogen-bond donors (Lipinski definition) is 1. The fourth-order valence-corrected chi connectivity index (χ4v) is 5.47. The smallest absolute Gasteiger partial charge is 0.415 e. The van der Waals surface area contributed by atoms with E-state index < -0.39 is 0 Å². The number of cyclic esters (lactones) is 1. The van der Waals surface area contributed by atoms with Crippen LogP contribution in [0.1, 0.15) is 68.8 Å². The van der Waals surface area contributed by atoms with Crippen molar-refractivity contribution in [1.29, 1.82) is 0 Å². The maximum Gasteiger partial charge on any atom is 0.415 e. The Hall–Kier alpha value is -3.46. The van der Waals surface area contributed by atoms with Crippen LogP contribution in [0.15, 0.2) is 43.1 Å². The molecule has 9 heteroatoms. The molecular formula is C30H40N6O3. The molecule has 2 aromatic rings. The van der Waals surface area contributed by atoms with Gasteiger partial charge in [0.15, 0.2) is 0 Å². The van der Waals surface area contributed by atoms with Crippen LogP contribution in [0.3, 0.4) is 0 Å². The summed E-state index contributed by atoms with van der Waals surface area (Å²) in [5, 5.41) is 3.42. The van der Waals surface area contributed by atoms with Gasteiger partial charge in [-0.25, -0.2) is 9.78 Å². The molecule has 2 fully saturated rings. The van der Waals surface area contributed by atoms with E-state index in [0.717, 1.165) is 43.2 Å². The first kappa shape index (κ1) is 27.1. The van der Waals surface area contributed by atoms with Gasteiger partial charge in [-0.2, -0.15) is 4.98 Å². The van der Waals surface area contributed by atoms with Gasteiger partial charge in [-0.3, -0.25) is 14.6 Å². The zero-order valence-corrected chi connectivity index (χ0v) is 23.3. The Morgan fingerprint density at radius 3 is 2.46 bits per heavy atom. The number of benzene rings is 1. The van der Waals surface area contributed by atoms with Crippen molar-refractivity contribution in [3.8, 4) is 0 Å². The molecule has 1 N–H and O–H groups in total. The van der Waals surface area contributed by atoms with Crippen LogP contribution in [-0.4, -0.2) is 64.5 Å². The highest BCUT2D eigenvalue weighted by Gasteiger charge is 2.32. The number of carbonyl (C=O) groups excluding carboxylic acids is 2. The molecule has 1 unspecified atom stereocenters. The largest absolute Gasteiger partial charge is 0.444 e. The van der Waals surface area contributed by atoms with Crippen LogP contribution < -0.4 is 10.2 Å². The number of rotatable bonds is 10. The average molecular weight is 533 g/mol. The van der Waals surface area contributed by atoms with Gasteiger partial charge in [-0.05, 0) is 42.4 Å². The van der Waals surface area contributed by atoms with Gasteiger partial charge in [-0.1, -0.05) is 57.5 Å². The summed E-state index contributed by atoms with van der Waals surface area (Å²) in [6.07, 6.45) is 6.59. The molecule has 2 amide bonds. The Balaban J connectivity index is 1.26.